The van der Waals surface area contributed by atoms with Crippen LogP contribution in [0.1, 0.15) is 6.92 Å². The number of hydrogen-bond acceptors (Lipinski definition) is 5. The van der Waals surface area contributed by atoms with Crippen molar-refractivity contribution < 1.29 is 8.42 Å². The molecule has 0 fully saturated rings. The molecule has 0 bridgehead atoms. The number of hydrogen-bond donors (Lipinski definition) is 0. The van der Waals surface area contributed by atoms with Crippen LogP contribution >= 0.6 is 11.6 Å². The third kappa shape index (κ3) is 3.48. The van der Waals surface area contributed by atoms with Gasteiger partial charge in [-0.25, -0.2) is 22.8 Å². The topological polar surface area (TPSA) is 96.0 Å². The summed E-state index contributed by atoms with van der Waals surface area (Å²) in [7, 11) is -2.24. The van der Waals surface area contributed by atoms with Crippen LogP contribution in [0, 0.1) is 11.8 Å². The van der Waals surface area contributed by atoms with Gasteiger partial charge in [0.1, 0.15) is 5.52 Å². The molecule has 10 heteroatoms. The van der Waals surface area contributed by atoms with Crippen LogP contribution < -0.4 is 11.1 Å². The Hall–Kier alpha value is -2.83. The van der Waals surface area contributed by atoms with Gasteiger partial charge in [0.05, 0.1) is 23.7 Å². The van der Waals surface area contributed by atoms with E-state index in [9.17, 15) is 18.0 Å². The predicted octanol–water partition coefficient (Wildman–Crippen LogP) is 1.05. The van der Waals surface area contributed by atoms with Crippen molar-refractivity contribution in [2.75, 3.05) is 5.75 Å². The second-order valence-corrected chi connectivity index (χ2v) is 8.43. The first kappa shape index (κ1) is 19.9. The molecule has 0 unspecified atom stereocenters. The molecule has 1 aromatic carbocycles. The fourth-order valence-corrected chi connectivity index (χ4v) is 4.27. The van der Waals surface area contributed by atoms with E-state index in [2.05, 4.69) is 16.8 Å². The zero-order valence-corrected chi connectivity index (χ0v) is 16.8. The number of fused-ring (bicyclic) bond motifs is 1. The van der Waals surface area contributed by atoms with Crippen LogP contribution in [0.4, 0.5) is 0 Å². The molecule has 2 aromatic heterocycles. The summed E-state index contributed by atoms with van der Waals surface area (Å²) < 4.78 is 28.5. The molecule has 0 amide bonds. The summed E-state index contributed by atoms with van der Waals surface area (Å²) in [4.78, 5) is 29.7. The van der Waals surface area contributed by atoms with Crippen molar-refractivity contribution in [3.05, 3.63) is 56.3 Å². The Balaban J connectivity index is 2.10. The molecule has 3 aromatic rings. The Kier molecular flexibility index (Phi) is 5.45. The SMILES string of the molecule is CC#CCn1c(Cl)nc2c(=O)n(C)n(CCS(=O)(=O)c3ccccc3)c(=O)c21. The highest BCUT2D eigenvalue weighted by Crippen LogP contribution is 2.14. The van der Waals surface area contributed by atoms with E-state index in [1.165, 1.54) is 23.7 Å². The van der Waals surface area contributed by atoms with E-state index < -0.39 is 21.0 Å². The van der Waals surface area contributed by atoms with Crippen LogP contribution in [0.2, 0.25) is 5.28 Å². The average Bonchev–Trinajstić information content (AvgIpc) is 3.01. The maximum atomic E-state index is 13.0. The number of halogens is 1. The van der Waals surface area contributed by atoms with Gasteiger partial charge in [0.15, 0.2) is 15.4 Å². The largest absolute Gasteiger partial charge is 0.298 e. The Bertz CT molecular complexity index is 1330. The molecule has 0 N–H and O–H groups in total. The summed E-state index contributed by atoms with van der Waals surface area (Å²) in [6.45, 7) is 1.54. The lowest BCUT2D eigenvalue weighted by atomic mass is 10.4. The number of sulfone groups is 1. The summed E-state index contributed by atoms with van der Waals surface area (Å²) in [5, 5.41) is -0.0263. The summed E-state index contributed by atoms with van der Waals surface area (Å²) in [5.41, 5.74) is -1.17. The van der Waals surface area contributed by atoms with Gasteiger partial charge in [-0.1, -0.05) is 24.1 Å². The van der Waals surface area contributed by atoms with Crippen LogP contribution in [0.3, 0.4) is 0 Å². The van der Waals surface area contributed by atoms with E-state index in [-0.39, 0.29) is 40.1 Å². The molecule has 0 saturated carbocycles. The summed E-state index contributed by atoms with van der Waals surface area (Å²) >= 11 is 6.07. The lowest BCUT2D eigenvalue weighted by Crippen LogP contribution is -2.39. The minimum absolute atomic E-state index is 0.00737. The Morgan fingerprint density at radius 3 is 2.46 bits per heavy atom. The van der Waals surface area contributed by atoms with Gasteiger partial charge in [-0.2, -0.15) is 0 Å². The predicted molar refractivity (Wildman–Crippen MR) is 106 cm³/mol. The molecule has 0 aliphatic heterocycles. The lowest BCUT2D eigenvalue weighted by molar-refractivity contribution is 0.484. The van der Waals surface area contributed by atoms with E-state index in [4.69, 9.17) is 11.6 Å². The molecular formula is C18H17ClN4O4S. The van der Waals surface area contributed by atoms with Gasteiger partial charge in [0, 0.05) is 7.05 Å². The Morgan fingerprint density at radius 1 is 1.14 bits per heavy atom. The molecule has 3 rings (SSSR count). The fraction of sp³-hybridized carbons (Fsp3) is 0.278. The molecule has 0 aliphatic rings. The van der Waals surface area contributed by atoms with Crippen molar-refractivity contribution in [2.45, 2.75) is 24.9 Å². The van der Waals surface area contributed by atoms with Crippen molar-refractivity contribution in [3.8, 4) is 11.8 Å². The third-order valence-corrected chi connectivity index (χ3v) is 6.30. The molecule has 0 saturated heterocycles. The fourth-order valence-electron chi connectivity index (χ4n) is 2.82. The standard InChI is InChI=1S/C18H17ClN4O4S/c1-3-4-10-22-15-14(20-18(22)19)16(24)21(2)23(17(15)25)11-12-28(26,27)13-8-6-5-7-9-13/h5-9H,10-12H2,1-2H3. The van der Waals surface area contributed by atoms with Crippen LogP contribution in [0.25, 0.3) is 11.0 Å². The zero-order valence-electron chi connectivity index (χ0n) is 15.2. The first-order valence-corrected chi connectivity index (χ1v) is 10.3. The molecule has 0 radical (unpaired) electrons. The molecule has 0 spiro atoms. The highest BCUT2D eigenvalue weighted by atomic mass is 35.5. The molecule has 2 heterocycles. The minimum Gasteiger partial charge on any atom is -0.298 e. The van der Waals surface area contributed by atoms with Gasteiger partial charge in [-0.15, -0.1) is 5.92 Å². The second kappa shape index (κ2) is 7.66. The quantitative estimate of drug-likeness (QED) is 0.575. The van der Waals surface area contributed by atoms with Gasteiger partial charge < -0.3 is 0 Å². The number of aromatic nitrogens is 4. The van der Waals surface area contributed by atoms with Crippen LogP contribution in [-0.2, 0) is 30.0 Å². The average molecular weight is 421 g/mol. The summed E-state index contributed by atoms with van der Waals surface area (Å²) in [6.07, 6.45) is 0. The van der Waals surface area contributed by atoms with Crippen molar-refractivity contribution in [1.82, 2.24) is 18.9 Å². The molecule has 8 nitrogen and oxygen atoms in total. The number of nitrogens with zero attached hydrogens (tertiary/aromatic N) is 4. The van der Waals surface area contributed by atoms with Gasteiger partial charge in [-0.05, 0) is 30.7 Å². The molecule has 0 atom stereocenters. The molecular weight excluding hydrogens is 404 g/mol. The Labute approximate surface area is 165 Å². The molecule has 0 aliphatic carbocycles. The van der Waals surface area contributed by atoms with Crippen molar-refractivity contribution in [3.63, 3.8) is 0 Å². The van der Waals surface area contributed by atoms with Crippen LogP contribution in [-0.4, -0.2) is 33.1 Å². The van der Waals surface area contributed by atoms with Crippen LogP contribution in [0.5, 0.6) is 0 Å². The lowest BCUT2D eigenvalue weighted by Gasteiger charge is -2.12. The molecule has 146 valence electrons. The van der Waals surface area contributed by atoms with E-state index in [0.29, 0.717) is 0 Å². The first-order valence-electron chi connectivity index (χ1n) is 8.31. The van der Waals surface area contributed by atoms with Crippen LogP contribution in [0.15, 0.2) is 44.8 Å². The van der Waals surface area contributed by atoms with E-state index in [1.54, 1.807) is 25.1 Å². The Morgan fingerprint density at radius 2 is 1.82 bits per heavy atom. The van der Waals surface area contributed by atoms with Gasteiger partial charge in [-0.3, -0.25) is 14.2 Å². The summed E-state index contributed by atoms with van der Waals surface area (Å²) in [5.74, 6) is 5.13. The monoisotopic (exact) mass is 420 g/mol. The van der Waals surface area contributed by atoms with E-state index in [0.717, 1.165) is 9.36 Å². The third-order valence-electron chi connectivity index (χ3n) is 4.30. The maximum Gasteiger partial charge on any atom is 0.293 e. The van der Waals surface area contributed by atoms with Crippen molar-refractivity contribution in [2.24, 2.45) is 7.05 Å². The van der Waals surface area contributed by atoms with E-state index >= 15 is 0 Å². The highest BCUT2D eigenvalue weighted by molar-refractivity contribution is 7.91. The minimum atomic E-state index is -3.62. The first-order chi connectivity index (χ1) is 13.3. The number of rotatable bonds is 5. The molecule has 28 heavy (non-hydrogen) atoms. The zero-order chi connectivity index (χ0) is 20.5. The number of benzene rings is 1. The van der Waals surface area contributed by atoms with Crippen molar-refractivity contribution >= 4 is 32.5 Å². The summed E-state index contributed by atoms with van der Waals surface area (Å²) in [6, 6.07) is 7.93. The van der Waals surface area contributed by atoms with E-state index in [1.807, 2.05) is 0 Å². The smallest absolute Gasteiger partial charge is 0.293 e. The second-order valence-electron chi connectivity index (χ2n) is 5.98. The maximum absolute atomic E-state index is 13.0. The van der Waals surface area contributed by atoms with Gasteiger partial charge >= 0.3 is 0 Å². The van der Waals surface area contributed by atoms with Crippen molar-refractivity contribution in [1.29, 1.82) is 0 Å². The normalized spacial score (nSPS) is 11.4. The highest BCUT2D eigenvalue weighted by Gasteiger charge is 2.21. The number of imidazole rings is 1. The van der Waals surface area contributed by atoms with Gasteiger partial charge in [0.2, 0.25) is 5.28 Å². The van der Waals surface area contributed by atoms with Gasteiger partial charge in [0.25, 0.3) is 11.1 Å².